The number of hydrogen-bond donors (Lipinski definition) is 0. The summed E-state index contributed by atoms with van der Waals surface area (Å²) in [6, 6.07) is 0. The summed E-state index contributed by atoms with van der Waals surface area (Å²) in [4.78, 5) is 0. The average Bonchev–Trinajstić information content (AvgIpc) is 3.00. The van der Waals surface area contributed by atoms with E-state index >= 15 is 0 Å². The molecule has 0 saturated heterocycles. The van der Waals surface area contributed by atoms with Crippen molar-refractivity contribution < 1.29 is 0 Å². The first-order valence-electron chi connectivity index (χ1n) is 20.8. The smallest absolute Gasteiger partial charge is 0.0414 e. The second-order valence-corrected chi connectivity index (χ2v) is 14.5. The van der Waals surface area contributed by atoms with E-state index in [-0.39, 0.29) is 0 Å². The third kappa shape index (κ3) is 36.2. The van der Waals surface area contributed by atoms with Crippen LogP contribution in [0.5, 0.6) is 0 Å². The third-order valence-corrected chi connectivity index (χ3v) is 10.1. The molecule has 0 aliphatic carbocycles. The molecule has 0 amide bonds. The Bertz CT molecular complexity index is 439. The van der Waals surface area contributed by atoms with Crippen molar-refractivity contribution in [1.29, 1.82) is 0 Å². The molecule has 42 heavy (non-hydrogen) atoms. The van der Waals surface area contributed by atoms with Crippen molar-refractivity contribution in [3.63, 3.8) is 0 Å². The maximum Gasteiger partial charge on any atom is -0.0414 e. The lowest BCUT2D eigenvalue weighted by atomic mass is 9.90. The predicted molar refractivity (Wildman–Crippen MR) is 196 cm³/mol. The quantitative estimate of drug-likeness (QED) is 0.0627. The molecule has 0 aromatic carbocycles. The summed E-state index contributed by atoms with van der Waals surface area (Å²) in [5.74, 6) is 1.03. The fourth-order valence-corrected chi connectivity index (χ4v) is 7.16. The number of rotatable bonds is 38. The highest BCUT2D eigenvalue weighted by atomic mass is 14.1. The maximum atomic E-state index is 2.40. The van der Waals surface area contributed by atoms with Gasteiger partial charge < -0.3 is 0 Å². The summed E-state index contributed by atoms with van der Waals surface area (Å²) < 4.78 is 0. The molecule has 254 valence electrons. The Hall–Kier alpha value is 0. The molecule has 1 atom stereocenters. The van der Waals surface area contributed by atoms with Crippen LogP contribution in [-0.4, -0.2) is 0 Å². The van der Waals surface area contributed by atoms with Crippen LogP contribution in [0.1, 0.15) is 265 Å². The molecule has 0 N–H and O–H groups in total. The molecule has 0 fully saturated rings. The van der Waals surface area contributed by atoms with Gasteiger partial charge in [-0.25, -0.2) is 0 Å². The lowest BCUT2D eigenvalue weighted by Crippen LogP contribution is -2.00. The second kappa shape index (κ2) is 39.0. The van der Waals surface area contributed by atoms with Crippen molar-refractivity contribution in [1.82, 2.24) is 0 Å². The van der Waals surface area contributed by atoms with Gasteiger partial charge in [-0.3, -0.25) is 0 Å². The van der Waals surface area contributed by atoms with Gasteiger partial charge in [-0.05, 0) is 5.92 Å². The van der Waals surface area contributed by atoms with Crippen LogP contribution in [-0.2, 0) is 0 Å². The fraction of sp³-hybridized carbons (Fsp3) is 1.00. The van der Waals surface area contributed by atoms with Gasteiger partial charge in [-0.1, -0.05) is 265 Å². The van der Waals surface area contributed by atoms with Crippen LogP contribution in [0, 0.1) is 5.92 Å². The van der Waals surface area contributed by atoms with E-state index in [0.29, 0.717) is 0 Å². The van der Waals surface area contributed by atoms with Crippen LogP contribution >= 0.6 is 0 Å². The first-order chi connectivity index (χ1) is 20.8. The Morgan fingerprint density at radius 1 is 0.190 bits per heavy atom. The summed E-state index contributed by atoms with van der Waals surface area (Å²) in [5.41, 5.74) is 0. The summed E-state index contributed by atoms with van der Waals surface area (Å²) in [6.07, 6.45) is 56.3. The summed E-state index contributed by atoms with van der Waals surface area (Å²) in [6.45, 7) is 7.02. The Labute approximate surface area is 270 Å². The molecule has 0 nitrogen and oxygen atoms in total. The van der Waals surface area contributed by atoms with Crippen molar-refractivity contribution in [2.45, 2.75) is 265 Å². The molecule has 0 aromatic rings. The molecule has 0 aliphatic rings. The average molecular weight is 591 g/mol. The van der Waals surface area contributed by atoms with E-state index in [1.807, 2.05) is 0 Å². The molecule has 0 heterocycles. The third-order valence-electron chi connectivity index (χ3n) is 10.1. The van der Waals surface area contributed by atoms with E-state index in [1.54, 1.807) is 0 Å². The highest BCUT2D eigenvalue weighted by Crippen LogP contribution is 2.23. The van der Waals surface area contributed by atoms with Crippen LogP contribution in [0.2, 0.25) is 0 Å². The zero-order valence-corrected chi connectivity index (χ0v) is 30.4. The Kier molecular flexibility index (Phi) is 39.0. The van der Waals surface area contributed by atoms with Crippen molar-refractivity contribution in [2.24, 2.45) is 5.92 Å². The van der Waals surface area contributed by atoms with E-state index in [4.69, 9.17) is 0 Å². The van der Waals surface area contributed by atoms with Crippen molar-refractivity contribution in [3.8, 4) is 0 Å². The molecule has 0 radical (unpaired) electrons. The first kappa shape index (κ1) is 42.0. The van der Waals surface area contributed by atoms with E-state index in [0.717, 1.165) is 5.92 Å². The summed E-state index contributed by atoms with van der Waals surface area (Å²) in [5, 5.41) is 0. The van der Waals surface area contributed by atoms with E-state index < -0.39 is 0 Å². The fourth-order valence-electron chi connectivity index (χ4n) is 7.16. The molecular formula is C42H86. The molecule has 0 heteroatoms. The summed E-state index contributed by atoms with van der Waals surface area (Å²) >= 11 is 0. The first-order valence-corrected chi connectivity index (χ1v) is 20.8. The molecule has 0 saturated carbocycles. The van der Waals surface area contributed by atoms with Crippen LogP contribution in [0.3, 0.4) is 0 Å². The normalized spacial score (nSPS) is 12.4. The highest BCUT2D eigenvalue weighted by molar-refractivity contribution is 4.61. The minimum absolute atomic E-state index is 1.03. The maximum absolute atomic E-state index is 2.40. The van der Waals surface area contributed by atoms with Crippen LogP contribution in [0.4, 0.5) is 0 Å². The molecule has 1 unspecified atom stereocenters. The monoisotopic (exact) mass is 591 g/mol. The van der Waals surface area contributed by atoms with Crippen molar-refractivity contribution in [2.75, 3.05) is 0 Å². The van der Waals surface area contributed by atoms with Crippen LogP contribution in [0.25, 0.3) is 0 Å². The van der Waals surface area contributed by atoms with Gasteiger partial charge in [-0.2, -0.15) is 0 Å². The van der Waals surface area contributed by atoms with Gasteiger partial charge in [-0.15, -0.1) is 0 Å². The molecule has 0 spiro atoms. The largest absolute Gasteiger partial charge is 0.0654 e. The van der Waals surface area contributed by atoms with Gasteiger partial charge in [0.15, 0.2) is 0 Å². The van der Waals surface area contributed by atoms with Gasteiger partial charge in [0.25, 0.3) is 0 Å². The highest BCUT2D eigenvalue weighted by Gasteiger charge is 2.07. The minimum Gasteiger partial charge on any atom is -0.0654 e. The van der Waals surface area contributed by atoms with Gasteiger partial charge >= 0.3 is 0 Å². The number of hydrogen-bond acceptors (Lipinski definition) is 0. The van der Waals surface area contributed by atoms with Gasteiger partial charge in [0.2, 0.25) is 0 Å². The lowest BCUT2D eigenvalue weighted by Gasteiger charge is -2.16. The molecule has 0 aliphatic heterocycles. The number of unbranched alkanes of at least 4 members (excludes halogenated alkanes) is 32. The van der Waals surface area contributed by atoms with Crippen molar-refractivity contribution >= 4 is 0 Å². The van der Waals surface area contributed by atoms with Gasteiger partial charge in [0, 0.05) is 0 Å². The van der Waals surface area contributed by atoms with E-state index in [1.165, 1.54) is 244 Å². The Balaban J connectivity index is 3.31. The zero-order valence-electron chi connectivity index (χ0n) is 30.4. The summed E-state index contributed by atoms with van der Waals surface area (Å²) in [7, 11) is 0. The molecular weight excluding hydrogens is 504 g/mol. The lowest BCUT2D eigenvalue weighted by molar-refractivity contribution is 0.376. The predicted octanol–water partition coefficient (Wildman–Crippen LogP) is 16.5. The standard InChI is InChI=1S/C42H86/c1-4-7-9-11-13-15-17-19-20-21-22-23-24-25-26-27-28-30-32-34-36-38-41-42(39-6-3)40-37-35-33-31-29-18-16-14-12-10-8-5-2/h42H,4-41H2,1-3H3. The van der Waals surface area contributed by atoms with E-state index in [2.05, 4.69) is 20.8 Å². The molecule has 0 aromatic heterocycles. The minimum atomic E-state index is 1.03. The topological polar surface area (TPSA) is 0 Å². The Morgan fingerprint density at radius 2 is 0.381 bits per heavy atom. The molecule has 0 rings (SSSR count). The van der Waals surface area contributed by atoms with Crippen LogP contribution in [0.15, 0.2) is 0 Å². The Morgan fingerprint density at radius 3 is 0.571 bits per heavy atom. The van der Waals surface area contributed by atoms with Crippen molar-refractivity contribution in [3.05, 3.63) is 0 Å². The van der Waals surface area contributed by atoms with E-state index in [9.17, 15) is 0 Å². The second-order valence-electron chi connectivity index (χ2n) is 14.5. The van der Waals surface area contributed by atoms with Gasteiger partial charge in [0.05, 0.1) is 0 Å². The van der Waals surface area contributed by atoms with Gasteiger partial charge in [0.1, 0.15) is 0 Å². The SMILES string of the molecule is CCCCCCCCCCCCCCCCCCCCCCCCC(CCC)CCCCCCCCCCCCCC. The molecule has 0 bridgehead atoms. The zero-order chi connectivity index (χ0) is 30.4. The van der Waals surface area contributed by atoms with Crippen LogP contribution < -0.4 is 0 Å².